The van der Waals surface area contributed by atoms with Crippen molar-refractivity contribution in [3.05, 3.63) is 88.9 Å². The Morgan fingerprint density at radius 3 is 2.37 bits per heavy atom. The molecule has 5 aromatic rings. The smallest absolute Gasteiger partial charge is 0.237 e. The molecule has 30 heavy (non-hydrogen) atoms. The number of nitrogens with zero attached hydrogens (tertiary/aromatic N) is 4. The van der Waals surface area contributed by atoms with Gasteiger partial charge in [-0.3, -0.25) is 4.40 Å². The Bertz CT molecular complexity index is 1280. The maximum Gasteiger partial charge on any atom is 0.237 e. The second-order valence-electron chi connectivity index (χ2n) is 6.83. The summed E-state index contributed by atoms with van der Waals surface area (Å²) < 4.78 is 11.3. The Morgan fingerprint density at radius 1 is 0.833 bits per heavy atom. The van der Waals surface area contributed by atoms with Crippen molar-refractivity contribution < 1.29 is 4.74 Å². The van der Waals surface area contributed by atoms with Crippen molar-refractivity contribution in [1.29, 1.82) is 0 Å². The minimum atomic E-state index is 0.562. The van der Waals surface area contributed by atoms with Crippen molar-refractivity contribution in [3.63, 3.8) is 0 Å². The first-order valence-electron chi connectivity index (χ1n) is 9.67. The molecule has 3 aromatic carbocycles. The van der Waals surface area contributed by atoms with E-state index < -0.39 is 0 Å². The lowest BCUT2D eigenvalue weighted by molar-refractivity contribution is 0.301. The van der Waals surface area contributed by atoms with Crippen LogP contribution in [0.25, 0.3) is 16.8 Å². The van der Waals surface area contributed by atoms with Gasteiger partial charge in [-0.2, -0.15) is 0 Å². The van der Waals surface area contributed by atoms with Gasteiger partial charge in [0, 0.05) is 10.2 Å². The summed E-state index contributed by atoms with van der Waals surface area (Å²) in [5.41, 5.74) is 3.49. The van der Waals surface area contributed by atoms with Gasteiger partial charge in [-0.25, -0.2) is 0 Å². The maximum absolute atomic E-state index is 5.91. The van der Waals surface area contributed by atoms with Crippen LogP contribution in [0, 0.1) is 0 Å². The molecular weight excluding hydrogens is 460 g/mol. The molecule has 2 heterocycles. The fraction of sp³-hybridized carbons (Fsp3) is 0.130. The van der Waals surface area contributed by atoms with Gasteiger partial charge in [0.25, 0.3) is 0 Å². The van der Waals surface area contributed by atoms with Crippen molar-refractivity contribution in [2.24, 2.45) is 0 Å². The summed E-state index contributed by atoms with van der Waals surface area (Å²) in [7, 11) is 0. The molecule has 0 fully saturated rings. The lowest BCUT2D eigenvalue weighted by Gasteiger charge is -2.07. The van der Waals surface area contributed by atoms with E-state index in [0.717, 1.165) is 37.9 Å². The van der Waals surface area contributed by atoms with Crippen molar-refractivity contribution in [3.8, 4) is 5.75 Å². The van der Waals surface area contributed by atoms with Crippen LogP contribution in [0.15, 0.2) is 88.5 Å². The van der Waals surface area contributed by atoms with Crippen molar-refractivity contribution in [1.82, 2.24) is 19.2 Å². The monoisotopic (exact) mass is 478 g/mol. The number of halogens is 1. The van der Waals surface area contributed by atoms with Crippen LogP contribution >= 0.6 is 27.7 Å². The van der Waals surface area contributed by atoms with E-state index in [1.54, 1.807) is 11.8 Å². The van der Waals surface area contributed by atoms with E-state index in [9.17, 15) is 0 Å². The molecule has 0 amide bonds. The van der Waals surface area contributed by atoms with Crippen LogP contribution in [0.1, 0.15) is 5.56 Å². The molecule has 0 radical (unpaired) electrons. The summed E-state index contributed by atoms with van der Waals surface area (Å²) in [6.07, 6.45) is 0. The van der Waals surface area contributed by atoms with E-state index in [-0.39, 0.29) is 0 Å². The molecule has 0 saturated carbocycles. The standard InChI is InChI=1S/C23H19BrN4OS/c24-18-12-10-17(11-13-18)16-30-23-26-25-22-27(14-15-29-19-6-2-1-3-7-19)20-8-4-5-9-21(20)28(22)23/h1-13H,14-16H2. The molecule has 150 valence electrons. The van der Waals surface area contributed by atoms with Crippen molar-refractivity contribution in [2.45, 2.75) is 17.5 Å². The van der Waals surface area contributed by atoms with Gasteiger partial charge >= 0.3 is 0 Å². The van der Waals surface area contributed by atoms with Crippen molar-refractivity contribution in [2.75, 3.05) is 6.61 Å². The quantitative estimate of drug-likeness (QED) is 0.276. The zero-order chi connectivity index (χ0) is 20.3. The highest BCUT2D eigenvalue weighted by Crippen LogP contribution is 2.28. The number of rotatable bonds is 7. The normalized spacial score (nSPS) is 11.4. The second kappa shape index (κ2) is 8.53. The van der Waals surface area contributed by atoms with Crippen molar-refractivity contribution >= 4 is 44.5 Å². The van der Waals surface area contributed by atoms with Crippen LogP contribution in [-0.2, 0) is 12.3 Å². The molecule has 5 rings (SSSR count). The Labute approximate surface area is 186 Å². The van der Waals surface area contributed by atoms with Gasteiger partial charge in [-0.1, -0.05) is 70.2 Å². The third-order valence-electron chi connectivity index (χ3n) is 4.88. The number of benzene rings is 3. The maximum atomic E-state index is 5.91. The van der Waals surface area contributed by atoms with Crippen LogP contribution < -0.4 is 4.74 Å². The molecule has 5 nitrogen and oxygen atoms in total. The lowest BCUT2D eigenvalue weighted by atomic mass is 10.2. The molecule has 0 N–H and O–H groups in total. The molecule has 0 aliphatic carbocycles. The Kier molecular flexibility index (Phi) is 5.46. The Hall–Kier alpha value is -2.77. The molecule has 0 saturated heterocycles. The van der Waals surface area contributed by atoms with Gasteiger partial charge in [0.1, 0.15) is 12.4 Å². The summed E-state index contributed by atoms with van der Waals surface area (Å²) >= 11 is 5.18. The molecule has 0 unspecified atom stereocenters. The first kappa shape index (κ1) is 19.2. The van der Waals surface area contributed by atoms with Gasteiger partial charge in [0.2, 0.25) is 5.78 Å². The minimum Gasteiger partial charge on any atom is -0.492 e. The number of fused-ring (bicyclic) bond motifs is 3. The Morgan fingerprint density at radius 2 is 1.57 bits per heavy atom. The third kappa shape index (κ3) is 3.82. The molecule has 7 heteroatoms. The number of para-hydroxylation sites is 3. The molecule has 0 atom stereocenters. The molecule has 0 bridgehead atoms. The first-order chi connectivity index (χ1) is 14.8. The molecule has 0 spiro atoms. The number of ether oxygens (including phenoxy) is 1. The van der Waals surface area contributed by atoms with Crippen LogP contribution in [0.5, 0.6) is 5.75 Å². The van der Waals surface area contributed by atoms with Gasteiger partial charge in [-0.05, 0) is 42.0 Å². The highest BCUT2D eigenvalue weighted by Gasteiger charge is 2.17. The fourth-order valence-corrected chi connectivity index (χ4v) is 4.61. The van der Waals surface area contributed by atoms with Gasteiger partial charge < -0.3 is 9.30 Å². The minimum absolute atomic E-state index is 0.562. The Balaban J connectivity index is 1.42. The highest BCUT2D eigenvalue weighted by atomic mass is 79.9. The van der Waals surface area contributed by atoms with Gasteiger partial charge in [-0.15, -0.1) is 10.2 Å². The van der Waals surface area contributed by atoms with Crippen LogP contribution in [0.2, 0.25) is 0 Å². The average Bonchev–Trinajstić information content (AvgIpc) is 3.33. The topological polar surface area (TPSA) is 44.3 Å². The van der Waals surface area contributed by atoms with Crippen LogP contribution in [-0.4, -0.2) is 25.8 Å². The van der Waals surface area contributed by atoms with Crippen LogP contribution in [0.4, 0.5) is 0 Å². The summed E-state index contributed by atoms with van der Waals surface area (Å²) in [6, 6.07) is 26.6. The third-order valence-corrected chi connectivity index (χ3v) is 6.41. The average molecular weight is 479 g/mol. The summed E-state index contributed by atoms with van der Waals surface area (Å²) in [6.45, 7) is 1.26. The number of thioether (sulfide) groups is 1. The number of imidazole rings is 1. The summed E-state index contributed by atoms with van der Waals surface area (Å²) in [5.74, 6) is 2.55. The predicted molar refractivity (Wildman–Crippen MR) is 124 cm³/mol. The summed E-state index contributed by atoms with van der Waals surface area (Å²) in [4.78, 5) is 0. The van der Waals surface area contributed by atoms with Gasteiger partial charge in [0.05, 0.1) is 17.6 Å². The van der Waals surface area contributed by atoms with E-state index in [2.05, 4.69) is 83.6 Å². The highest BCUT2D eigenvalue weighted by molar-refractivity contribution is 9.10. The second-order valence-corrected chi connectivity index (χ2v) is 8.69. The SMILES string of the molecule is Brc1ccc(CSc2nnc3n(CCOc4ccccc4)c4ccccc4n23)cc1. The van der Waals surface area contributed by atoms with Gasteiger partial charge in [0.15, 0.2) is 5.16 Å². The van der Waals surface area contributed by atoms with E-state index in [1.165, 1.54) is 5.56 Å². The number of hydrogen-bond donors (Lipinski definition) is 0. The zero-order valence-corrected chi connectivity index (χ0v) is 18.5. The molecule has 0 aliphatic heterocycles. The zero-order valence-electron chi connectivity index (χ0n) is 16.1. The largest absolute Gasteiger partial charge is 0.492 e. The molecule has 0 aliphatic rings. The predicted octanol–water partition coefficient (Wildman–Crippen LogP) is 5.82. The van der Waals surface area contributed by atoms with E-state index >= 15 is 0 Å². The molecular formula is C23H19BrN4OS. The number of hydrogen-bond acceptors (Lipinski definition) is 4. The van der Waals surface area contributed by atoms with E-state index in [0.29, 0.717) is 13.2 Å². The van der Waals surface area contributed by atoms with E-state index in [4.69, 9.17) is 4.74 Å². The summed E-state index contributed by atoms with van der Waals surface area (Å²) in [5, 5.41) is 9.87. The first-order valence-corrected chi connectivity index (χ1v) is 11.4. The lowest BCUT2D eigenvalue weighted by Crippen LogP contribution is -2.08. The van der Waals surface area contributed by atoms with Crippen LogP contribution in [0.3, 0.4) is 0 Å². The molecule has 2 aromatic heterocycles. The number of aromatic nitrogens is 4. The van der Waals surface area contributed by atoms with E-state index in [1.807, 2.05) is 30.3 Å². The fourth-order valence-electron chi connectivity index (χ4n) is 3.45.